The number of hydrogen-bond acceptors (Lipinski definition) is 6. The Hall–Kier alpha value is -3.35. The molecule has 2 heterocycles. The molecule has 36 heavy (non-hydrogen) atoms. The SMILES string of the molecule is COc1ccc(COC(=O)C2=C(C)NC3=C(C(=O)C[C@H](c4cccs4)C3)[C@@H]2c2ccc(Cl)cc2)cc1. The summed E-state index contributed by atoms with van der Waals surface area (Å²) in [6.07, 6.45) is 1.13. The maximum absolute atomic E-state index is 13.6. The van der Waals surface area contributed by atoms with E-state index >= 15 is 0 Å². The summed E-state index contributed by atoms with van der Waals surface area (Å²) in [5.41, 5.74) is 4.37. The third kappa shape index (κ3) is 4.84. The average molecular weight is 520 g/mol. The molecule has 1 N–H and O–H groups in total. The summed E-state index contributed by atoms with van der Waals surface area (Å²) < 4.78 is 10.9. The lowest BCUT2D eigenvalue weighted by molar-refractivity contribution is -0.140. The van der Waals surface area contributed by atoms with Crippen molar-refractivity contribution in [2.45, 2.75) is 38.2 Å². The van der Waals surface area contributed by atoms with Gasteiger partial charge in [-0.1, -0.05) is 41.9 Å². The van der Waals surface area contributed by atoms with Gasteiger partial charge in [0.1, 0.15) is 12.4 Å². The fraction of sp³-hybridized carbons (Fsp3) is 0.241. The number of halogens is 1. The Kier molecular flexibility index (Phi) is 6.99. The van der Waals surface area contributed by atoms with Gasteiger partial charge in [-0.25, -0.2) is 4.79 Å². The lowest BCUT2D eigenvalue weighted by atomic mass is 9.72. The molecule has 2 aliphatic rings. The first-order chi connectivity index (χ1) is 17.4. The standard InChI is InChI=1S/C29H26ClNO4S/c1-17-26(29(33)35-16-18-5-11-22(34-2)12-6-18)27(19-7-9-21(30)10-8-19)28-23(31-17)14-20(15-24(28)32)25-4-3-13-36-25/h3-13,20,27,31H,14-16H2,1-2H3/t20-,27-/m1/s1. The molecule has 0 saturated heterocycles. The molecule has 1 aliphatic heterocycles. The molecule has 0 unspecified atom stereocenters. The van der Waals surface area contributed by atoms with Crippen molar-refractivity contribution in [1.82, 2.24) is 5.32 Å². The van der Waals surface area contributed by atoms with E-state index in [1.807, 2.05) is 54.8 Å². The number of Topliss-reactive ketones (excluding diaryl/α,β-unsaturated/α-hetero) is 1. The van der Waals surface area contributed by atoms with Crippen molar-refractivity contribution >= 4 is 34.7 Å². The monoisotopic (exact) mass is 519 g/mol. The van der Waals surface area contributed by atoms with E-state index in [2.05, 4.69) is 11.4 Å². The number of carbonyl (C=O) groups excluding carboxylic acids is 2. The molecule has 3 aromatic rings. The number of ether oxygens (including phenoxy) is 2. The molecular weight excluding hydrogens is 494 g/mol. The summed E-state index contributed by atoms with van der Waals surface area (Å²) in [5, 5.41) is 6.03. The van der Waals surface area contributed by atoms with Crippen molar-refractivity contribution in [2.75, 3.05) is 7.11 Å². The molecule has 2 aromatic carbocycles. The van der Waals surface area contributed by atoms with Crippen LogP contribution in [0.25, 0.3) is 0 Å². The second kappa shape index (κ2) is 10.3. The van der Waals surface area contributed by atoms with Gasteiger partial charge in [-0.05, 0) is 60.2 Å². The highest BCUT2D eigenvalue weighted by Gasteiger charge is 2.41. The predicted octanol–water partition coefficient (Wildman–Crippen LogP) is 6.52. The Morgan fingerprint density at radius 1 is 1.08 bits per heavy atom. The van der Waals surface area contributed by atoms with Crippen LogP contribution in [-0.4, -0.2) is 18.9 Å². The van der Waals surface area contributed by atoms with Gasteiger partial charge in [-0.3, -0.25) is 4.79 Å². The molecule has 5 nitrogen and oxygen atoms in total. The Bertz CT molecular complexity index is 1340. The molecular formula is C29H26ClNO4S. The number of thiophene rings is 1. The van der Waals surface area contributed by atoms with E-state index in [0.717, 1.165) is 29.0 Å². The third-order valence-corrected chi connectivity index (χ3v) is 8.01. The van der Waals surface area contributed by atoms with Gasteiger partial charge in [0, 0.05) is 45.1 Å². The minimum atomic E-state index is -0.515. The highest BCUT2D eigenvalue weighted by atomic mass is 35.5. The maximum atomic E-state index is 13.6. The number of carbonyl (C=O) groups is 2. The quantitative estimate of drug-likeness (QED) is 0.376. The number of allylic oxidation sites excluding steroid dienone is 3. The number of nitrogens with one attached hydrogen (secondary N) is 1. The second-order valence-corrected chi connectivity index (χ2v) is 10.4. The van der Waals surface area contributed by atoms with Gasteiger partial charge in [0.15, 0.2) is 5.78 Å². The summed E-state index contributed by atoms with van der Waals surface area (Å²) in [7, 11) is 1.61. The fourth-order valence-corrected chi connectivity index (χ4v) is 5.93. The molecule has 1 aliphatic carbocycles. The average Bonchev–Trinajstić information content (AvgIpc) is 3.42. The maximum Gasteiger partial charge on any atom is 0.337 e. The van der Waals surface area contributed by atoms with Crippen LogP contribution < -0.4 is 10.1 Å². The predicted molar refractivity (Wildman–Crippen MR) is 141 cm³/mol. The van der Waals surface area contributed by atoms with Gasteiger partial charge >= 0.3 is 5.97 Å². The zero-order chi connectivity index (χ0) is 25.2. The number of benzene rings is 2. The van der Waals surface area contributed by atoms with Crippen molar-refractivity contribution in [3.05, 3.63) is 110 Å². The van der Waals surface area contributed by atoms with Gasteiger partial charge in [0.05, 0.1) is 12.7 Å². The largest absolute Gasteiger partial charge is 0.497 e. The first-order valence-electron chi connectivity index (χ1n) is 11.8. The summed E-state index contributed by atoms with van der Waals surface area (Å²) in [5.74, 6) is -0.0470. The van der Waals surface area contributed by atoms with Crippen LogP contribution >= 0.6 is 22.9 Å². The van der Waals surface area contributed by atoms with E-state index in [-0.39, 0.29) is 18.3 Å². The molecule has 184 valence electrons. The lowest BCUT2D eigenvalue weighted by Gasteiger charge is -2.36. The third-order valence-electron chi connectivity index (χ3n) is 6.73. The molecule has 1 aromatic heterocycles. The van der Waals surface area contributed by atoms with Crippen LogP contribution in [0.2, 0.25) is 5.02 Å². The number of esters is 1. The van der Waals surface area contributed by atoms with Crippen molar-refractivity contribution in [1.29, 1.82) is 0 Å². The number of rotatable bonds is 6. The van der Waals surface area contributed by atoms with Crippen LogP contribution in [0.4, 0.5) is 0 Å². The summed E-state index contributed by atoms with van der Waals surface area (Å²) >= 11 is 7.83. The zero-order valence-corrected chi connectivity index (χ0v) is 21.6. The Balaban J connectivity index is 1.47. The van der Waals surface area contributed by atoms with Crippen molar-refractivity contribution in [3.8, 4) is 5.75 Å². The van der Waals surface area contributed by atoms with Gasteiger partial charge in [0.25, 0.3) is 0 Å². The molecule has 5 rings (SSSR count). The van der Waals surface area contributed by atoms with Crippen molar-refractivity contribution < 1.29 is 19.1 Å². The number of hydrogen-bond donors (Lipinski definition) is 1. The van der Waals surface area contributed by atoms with Crippen LogP contribution in [0, 0.1) is 0 Å². The van der Waals surface area contributed by atoms with Gasteiger partial charge < -0.3 is 14.8 Å². The molecule has 2 atom stereocenters. The minimum Gasteiger partial charge on any atom is -0.497 e. The van der Waals surface area contributed by atoms with E-state index in [4.69, 9.17) is 21.1 Å². The zero-order valence-electron chi connectivity index (χ0n) is 20.0. The number of dihydropyridines is 1. The van der Waals surface area contributed by atoms with Crippen LogP contribution in [0.3, 0.4) is 0 Å². The summed E-state index contributed by atoms with van der Waals surface area (Å²) in [6.45, 7) is 1.99. The second-order valence-electron chi connectivity index (χ2n) is 9.01. The van der Waals surface area contributed by atoms with E-state index in [1.54, 1.807) is 30.6 Å². The van der Waals surface area contributed by atoms with Gasteiger partial charge in [0.2, 0.25) is 0 Å². The summed E-state index contributed by atoms with van der Waals surface area (Å²) in [6, 6.07) is 18.8. The molecule has 0 fully saturated rings. The number of methoxy groups -OCH3 is 1. The Labute approximate surface area is 219 Å². The van der Waals surface area contributed by atoms with E-state index in [9.17, 15) is 9.59 Å². The Morgan fingerprint density at radius 2 is 1.83 bits per heavy atom. The normalized spacial score (nSPS) is 19.6. The van der Waals surface area contributed by atoms with E-state index in [1.165, 1.54) is 4.88 Å². The molecule has 0 spiro atoms. The Morgan fingerprint density at radius 3 is 2.50 bits per heavy atom. The lowest BCUT2D eigenvalue weighted by Crippen LogP contribution is -2.36. The van der Waals surface area contributed by atoms with Gasteiger partial charge in [-0.15, -0.1) is 11.3 Å². The molecule has 7 heteroatoms. The highest BCUT2D eigenvalue weighted by molar-refractivity contribution is 7.10. The van der Waals surface area contributed by atoms with Crippen LogP contribution in [-0.2, 0) is 20.9 Å². The van der Waals surface area contributed by atoms with Crippen LogP contribution in [0.1, 0.15) is 47.6 Å². The first kappa shape index (κ1) is 24.3. The van der Waals surface area contributed by atoms with Crippen molar-refractivity contribution in [3.63, 3.8) is 0 Å². The molecule has 0 radical (unpaired) electrons. The molecule has 0 bridgehead atoms. The smallest absolute Gasteiger partial charge is 0.337 e. The number of ketones is 1. The van der Waals surface area contributed by atoms with Crippen molar-refractivity contribution in [2.24, 2.45) is 0 Å². The topological polar surface area (TPSA) is 64.6 Å². The molecule has 0 amide bonds. The van der Waals surface area contributed by atoms with Crippen LogP contribution in [0.15, 0.2) is 88.6 Å². The molecule has 0 saturated carbocycles. The fourth-order valence-electron chi connectivity index (χ4n) is 4.97. The van der Waals surface area contributed by atoms with Gasteiger partial charge in [-0.2, -0.15) is 0 Å². The highest BCUT2D eigenvalue weighted by Crippen LogP contribution is 2.46. The minimum absolute atomic E-state index is 0.0510. The summed E-state index contributed by atoms with van der Waals surface area (Å²) in [4.78, 5) is 28.3. The van der Waals surface area contributed by atoms with Crippen LogP contribution in [0.5, 0.6) is 5.75 Å². The first-order valence-corrected chi connectivity index (χ1v) is 13.0. The van der Waals surface area contributed by atoms with E-state index < -0.39 is 11.9 Å². The van der Waals surface area contributed by atoms with E-state index in [0.29, 0.717) is 28.3 Å².